The third-order valence-corrected chi connectivity index (χ3v) is 6.78. The maximum atomic E-state index is 10.7. The molecule has 0 amide bonds. The van der Waals surface area contributed by atoms with E-state index in [0.717, 1.165) is 43.2 Å². The van der Waals surface area contributed by atoms with Crippen LogP contribution in [0.4, 0.5) is 0 Å². The number of carbonyl (C=O) groups is 2. The van der Waals surface area contributed by atoms with Gasteiger partial charge in [-0.25, -0.2) is 0 Å². The van der Waals surface area contributed by atoms with Crippen LogP contribution in [0.5, 0.6) is 11.5 Å². The number of ether oxygens (including phenoxy) is 5. The van der Waals surface area contributed by atoms with Crippen LogP contribution in [-0.4, -0.2) is 80.8 Å². The maximum absolute atomic E-state index is 10.7. The summed E-state index contributed by atoms with van der Waals surface area (Å²) in [7, 11) is 3.50. The Morgan fingerprint density at radius 1 is 1.17 bits per heavy atom. The molecule has 0 unspecified atom stereocenters. The average Bonchev–Trinajstić information content (AvgIpc) is 3.54. The lowest BCUT2D eigenvalue weighted by Crippen LogP contribution is -2.39. The van der Waals surface area contributed by atoms with E-state index in [0.29, 0.717) is 19.1 Å². The quantitative estimate of drug-likeness (QED) is 0.229. The van der Waals surface area contributed by atoms with Gasteiger partial charge in [0.15, 0.2) is 11.5 Å². The summed E-state index contributed by atoms with van der Waals surface area (Å²) in [6.45, 7) is 17.9. The zero-order valence-electron chi connectivity index (χ0n) is 26.8. The molecule has 0 saturated heterocycles. The fraction of sp³-hybridized carbons (Fsp3) is 0.688. The van der Waals surface area contributed by atoms with Gasteiger partial charge in [-0.1, -0.05) is 34.6 Å². The Morgan fingerprint density at radius 2 is 1.80 bits per heavy atom. The van der Waals surface area contributed by atoms with Crippen molar-refractivity contribution in [2.75, 3.05) is 40.7 Å². The van der Waals surface area contributed by atoms with Gasteiger partial charge in [0.1, 0.15) is 30.0 Å². The number of ketones is 1. The minimum absolute atomic E-state index is 0.0587. The molecule has 0 radical (unpaired) electrons. The highest BCUT2D eigenvalue weighted by Crippen LogP contribution is 2.46. The molecule has 1 aromatic rings. The van der Waals surface area contributed by atoms with Gasteiger partial charge in [0.05, 0.1) is 18.6 Å². The van der Waals surface area contributed by atoms with Gasteiger partial charge in [-0.2, -0.15) is 0 Å². The second kappa shape index (κ2) is 18.4. The summed E-state index contributed by atoms with van der Waals surface area (Å²) in [5, 5.41) is 0. The third kappa shape index (κ3) is 10.6. The number of hydrogen-bond donors (Lipinski definition) is 0. The number of methoxy groups -OCH3 is 2. The van der Waals surface area contributed by atoms with E-state index in [1.54, 1.807) is 28.1 Å². The molecule has 2 heterocycles. The van der Waals surface area contributed by atoms with E-state index >= 15 is 0 Å². The zero-order valence-corrected chi connectivity index (χ0v) is 27.5. The molecule has 234 valence electrons. The number of hydrogen-bond acceptors (Lipinski definition) is 8. The number of nitrogens with zero attached hydrogens (tertiary/aromatic N) is 1. The van der Waals surface area contributed by atoms with Crippen LogP contribution in [0.25, 0.3) is 0 Å². The molecule has 0 N–H and O–H groups in total. The van der Waals surface area contributed by atoms with E-state index in [4.69, 9.17) is 35.3 Å². The Hall–Kier alpha value is -2.13. The summed E-state index contributed by atoms with van der Waals surface area (Å²) in [5.74, 6) is 2.80. The van der Waals surface area contributed by atoms with Crippen LogP contribution in [0, 0.1) is 0 Å². The van der Waals surface area contributed by atoms with Gasteiger partial charge in [0.2, 0.25) is 6.79 Å². The first-order valence-corrected chi connectivity index (χ1v) is 15.2. The number of rotatable bonds is 10. The topological polar surface area (TPSA) is 83.5 Å². The normalized spacial score (nSPS) is 21.1. The van der Waals surface area contributed by atoms with Crippen LogP contribution >= 0.6 is 11.6 Å². The highest BCUT2D eigenvalue weighted by molar-refractivity contribution is 6.23. The number of Topliss-reactive ketones (excluding diaryl/α,β-unsaturated/α-hetero) is 1. The van der Waals surface area contributed by atoms with Crippen LogP contribution in [0.15, 0.2) is 24.0 Å². The first kappa shape index (κ1) is 36.9. The lowest BCUT2D eigenvalue weighted by Gasteiger charge is -2.31. The standard InChI is InChI=1S/C19H25NO4.C9H15ClO3.2C2H6/c1-4-6-20-7-5-12-8-15-16(24-11-23-15)9-13(12)18-14(20)10-17(21-2)19(18)22-3;1-7(12)4-8(5-11)13-6-9(2,3)10;2*1-2/h8-10,14,18-19H,4-7,11H2,1-3H3;5,8H,4,6H2,1-3H3;2*1-2H3/t14-,18-,19+;8-;;/m01../s1. The van der Waals surface area contributed by atoms with Gasteiger partial charge in [0.25, 0.3) is 0 Å². The summed E-state index contributed by atoms with van der Waals surface area (Å²) < 4.78 is 27.8. The Labute approximate surface area is 252 Å². The Kier molecular flexibility index (Phi) is 16.6. The van der Waals surface area contributed by atoms with E-state index in [9.17, 15) is 9.59 Å². The van der Waals surface area contributed by atoms with Crippen LogP contribution in [-0.2, 0) is 30.2 Å². The highest BCUT2D eigenvalue weighted by atomic mass is 35.5. The van der Waals surface area contributed by atoms with Crippen LogP contribution in [0.3, 0.4) is 0 Å². The first-order valence-electron chi connectivity index (χ1n) is 14.8. The molecule has 8 nitrogen and oxygen atoms in total. The summed E-state index contributed by atoms with van der Waals surface area (Å²) in [5.41, 5.74) is 2.64. The van der Waals surface area contributed by atoms with Gasteiger partial charge >= 0.3 is 0 Å². The monoisotopic (exact) mass is 597 g/mol. The molecule has 4 atom stereocenters. The third-order valence-electron chi connectivity index (χ3n) is 6.67. The Balaban J connectivity index is 0.000000424. The molecule has 0 saturated carbocycles. The van der Waals surface area contributed by atoms with Crippen molar-refractivity contribution in [2.24, 2.45) is 0 Å². The number of benzene rings is 1. The number of carbonyl (C=O) groups excluding carboxylic acids is 2. The molecule has 2 aliphatic heterocycles. The van der Waals surface area contributed by atoms with Crippen molar-refractivity contribution >= 4 is 23.7 Å². The van der Waals surface area contributed by atoms with Crippen molar-refractivity contribution in [1.82, 2.24) is 4.90 Å². The van der Waals surface area contributed by atoms with Crippen molar-refractivity contribution in [3.05, 3.63) is 35.1 Å². The van der Waals surface area contributed by atoms with Crippen LogP contribution < -0.4 is 9.47 Å². The summed E-state index contributed by atoms with van der Waals surface area (Å²) in [6.07, 6.45) is 4.43. The van der Waals surface area contributed by atoms with Crippen molar-refractivity contribution in [3.8, 4) is 11.5 Å². The molecule has 0 fully saturated rings. The van der Waals surface area contributed by atoms with E-state index < -0.39 is 11.0 Å². The second-order valence-electron chi connectivity index (χ2n) is 10.2. The minimum atomic E-state index is -0.657. The van der Waals surface area contributed by atoms with Crippen molar-refractivity contribution in [3.63, 3.8) is 0 Å². The van der Waals surface area contributed by atoms with Crippen LogP contribution in [0.1, 0.15) is 85.3 Å². The van der Waals surface area contributed by atoms with E-state index in [1.165, 1.54) is 18.1 Å². The molecule has 41 heavy (non-hydrogen) atoms. The van der Waals surface area contributed by atoms with Gasteiger partial charge in [-0.05, 0) is 69.5 Å². The molecule has 0 spiro atoms. The number of aldehydes is 1. The Morgan fingerprint density at radius 3 is 2.32 bits per heavy atom. The lowest BCUT2D eigenvalue weighted by atomic mass is 9.87. The average molecular weight is 598 g/mol. The smallest absolute Gasteiger partial charge is 0.231 e. The van der Waals surface area contributed by atoms with Crippen molar-refractivity contribution < 1.29 is 33.3 Å². The van der Waals surface area contributed by atoms with Crippen molar-refractivity contribution in [1.29, 1.82) is 0 Å². The number of alkyl halides is 1. The molecular formula is C32H52ClNO7. The maximum Gasteiger partial charge on any atom is 0.231 e. The molecule has 4 rings (SSSR count). The minimum Gasteiger partial charge on any atom is -0.499 e. The summed E-state index contributed by atoms with van der Waals surface area (Å²) in [6, 6.07) is 4.61. The second-order valence-corrected chi connectivity index (χ2v) is 11.3. The van der Waals surface area contributed by atoms with Gasteiger partial charge in [-0.3, -0.25) is 9.69 Å². The predicted molar refractivity (Wildman–Crippen MR) is 164 cm³/mol. The van der Waals surface area contributed by atoms with Gasteiger partial charge in [0, 0.05) is 32.0 Å². The number of fused-ring (bicyclic) bond motifs is 4. The fourth-order valence-electron chi connectivity index (χ4n) is 5.07. The molecule has 3 aliphatic rings. The summed E-state index contributed by atoms with van der Waals surface area (Å²) in [4.78, 5) is 23.2. The summed E-state index contributed by atoms with van der Waals surface area (Å²) >= 11 is 5.84. The van der Waals surface area contributed by atoms with E-state index in [-0.39, 0.29) is 30.8 Å². The zero-order chi connectivity index (χ0) is 31.2. The van der Waals surface area contributed by atoms with Crippen molar-refractivity contribution in [2.45, 2.75) is 104 Å². The first-order chi connectivity index (χ1) is 19.6. The van der Waals surface area contributed by atoms with Crippen LogP contribution in [0.2, 0.25) is 0 Å². The molecule has 0 aromatic heterocycles. The number of halogens is 1. The predicted octanol–water partition coefficient (Wildman–Crippen LogP) is 6.31. The molecular weight excluding hydrogens is 546 g/mol. The Bertz CT molecular complexity index is 976. The van der Waals surface area contributed by atoms with Gasteiger partial charge < -0.3 is 28.5 Å². The fourth-order valence-corrected chi connectivity index (χ4v) is 5.14. The SMILES string of the molecule is CC.CC.CC(=O)C[C@H](C=O)OCC(C)(C)Cl.CCCN1CCc2cc3c(cc2[C@@H]2[C@H](OC)C(OC)=C[C@@H]21)OCO3. The highest BCUT2D eigenvalue weighted by Gasteiger charge is 2.45. The molecule has 1 aromatic carbocycles. The largest absolute Gasteiger partial charge is 0.499 e. The van der Waals surface area contributed by atoms with E-state index in [1.807, 2.05) is 27.7 Å². The molecule has 0 bridgehead atoms. The lowest BCUT2D eigenvalue weighted by molar-refractivity contribution is -0.127. The van der Waals surface area contributed by atoms with E-state index in [2.05, 4.69) is 30.0 Å². The molecule has 9 heteroatoms. The molecule has 1 aliphatic carbocycles. The van der Waals surface area contributed by atoms with Gasteiger partial charge in [-0.15, -0.1) is 11.6 Å².